The van der Waals surface area contributed by atoms with Crippen molar-refractivity contribution in [2.75, 3.05) is 13.2 Å². The minimum absolute atomic E-state index is 0.220. The quantitative estimate of drug-likeness (QED) is 0.827. The maximum Gasteiger partial charge on any atom is 0.252 e. The maximum atomic E-state index is 13.3. The maximum absolute atomic E-state index is 13.3. The Balaban J connectivity index is 2.13. The number of aliphatic hydroxyl groups excluding tert-OH is 1. The zero-order valence-electron chi connectivity index (χ0n) is 11.5. The van der Waals surface area contributed by atoms with Crippen molar-refractivity contribution in [3.05, 3.63) is 35.1 Å². The molecule has 1 aromatic carbocycles. The Morgan fingerprint density at radius 1 is 1.50 bits per heavy atom. The molecule has 0 spiro atoms. The van der Waals surface area contributed by atoms with E-state index in [2.05, 4.69) is 24.1 Å². The number of rotatable bonds is 4. The number of carbonyl (C=O) groups excluding carboxylic acids is 1. The number of benzene rings is 1. The van der Waals surface area contributed by atoms with Gasteiger partial charge in [-0.1, -0.05) is 18.8 Å². The molecule has 1 saturated carbocycles. The zero-order valence-corrected chi connectivity index (χ0v) is 11.5. The van der Waals surface area contributed by atoms with Gasteiger partial charge in [0, 0.05) is 12.1 Å². The van der Waals surface area contributed by atoms with Gasteiger partial charge in [-0.05, 0) is 42.9 Å². The Hall–Kier alpha value is -1.86. The summed E-state index contributed by atoms with van der Waals surface area (Å²) >= 11 is 0. The van der Waals surface area contributed by atoms with Crippen LogP contribution in [0.15, 0.2) is 18.2 Å². The van der Waals surface area contributed by atoms with Crippen molar-refractivity contribution >= 4 is 5.91 Å². The Labute approximate surface area is 118 Å². The van der Waals surface area contributed by atoms with Crippen molar-refractivity contribution in [3.63, 3.8) is 0 Å². The number of amides is 1. The van der Waals surface area contributed by atoms with Crippen molar-refractivity contribution in [3.8, 4) is 11.8 Å². The molecule has 1 aliphatic rings. The van der Waals surface area contributed by atoms with Gasteiger partial charge >= 0.3 is 0 Å². The summed E-state index contributed by atoms with van der Waals surface area (Å²) in [4.78, 5) is 12.2. The van der Waals surface area contributed by atoms with Gasteiger partial charge in [0.25, 0.3) is 5.91 Å². The van der Waals surface area contributed by atoms with Crippen molar-refractivity contribution in [2.45, 2.75) is 26.2 Å². The SMILES string of the molecule is CCC1(CNC(=O)c2cc(F)ccc2C#CCO)CC1. The lowest BCUT2D eigenvalue weighted by Gasteiger charge is -2.14. The average molecular weight is 275 g/mol. The molecule has 4 heteroatoms. The summed E-state index contributed by atoms with van der Waals surface area (Å²) in [6.45, 7) is 2.43. The predicted octanol–water partition coefficient (Wildman–Crippen LogP) is 2.09. The largest absolute Gasteiger partial charge is 0.384 e. The predicted molar refractivity (Wildman–Crippen MR) is 74.7 cm³/mol. The van der Waals surface area contributed by atoms with E-state index in [4.69, 9.17) is 5.11 Å². The molecule has 0 atom stereocenters. The molecule has 0 saturated heterocycles. The van der Waals surface area contributed by atoms with Crippen molar-refractivity contribution in [1.82, 2.24) is 5.32 Å². The van der Waals surface area contributed by atoms with E-state index in [9.17, 15) is 9.18 Å². The molecule has 0 radical (unpaired) electrons. The van der Waals surface area contributed by atoms with Gasteiger partial charge in [0.05, 0.1) is 5.56 Å². The smallest absolute Gasteiger partial charge is 0.252 e. The molecule has 0 aliphatic heterocycles. The van der Waals surface area contributed by atoms with Gasteiger partial charge in [0.1, 0.15) is 12.4 Å². The van der Waals surface area contributed by atoms with Crippen molar-refractivity contribution in [1.29, 1.82) is 0 Å². The van der Waals surface area contributed by atoms with Gasteiger partial charge in [-0.25, -0.2) is 4.39 Å². The highest BCUT2D eigenvalue weighted by atomic mass is 19.1. The Kier molecular flexibility index (Phi) is 4.41. The van der Waals surface area contributed by atoms with Crippen LogP contribution in [0.5, 0.6) is 0 Å². The van der Waals surface area contributed by atoms with Crippen molar-refractivity contribution < 1.29 is 14.3 Å². The van der Waals surface area contributed by atoms with Crippen LogP contribution in [0.1, 0.15) is 42.1 Å². The second kappa shape index (κ2) is 6.06. The fourth-order valence-corrected chi connectivity index (χ4v) is 2.14. The standard InChI is InChI=1S/C16H18FNO2/c1-2-16(7-8-16)11-18-15(20)14-10-13(17)6-5-12(14)4-3-9-19/h5-6,10,19H,2,7-9,11H2,1H3,(H,18,20). The monoisotopic (exact) mass is 275 g/mol. The first-order chi connectivity index (χ1) is 9.60. The molecule has 0 aromatic heterocycles. The average Bonchev–Trinajstić information content (AvgIpc) is 3.24. The van der Waals surface area contributed by atoms with E-state index >= 15 is 0 Å². The van der Waals surface area contributed by atoms with Gasteiger partial charge < -0.3 is 10.4 Å². The third-order valence-corrected chi connectivity index (χ3v) is 3.86. The molecule has 2 N–H and O–H groups in total. The lowest BCUT2D eigenvalue weighted by atomic mass is 10.0. The van der Waals surface area contributed by atoms with Crippen molar-refractivity contribution in [2.24, 2.45) is 5.41 Å². The Morgan fingerprint density at radius 2 is 2.25 bits per heavy atom. The highest BCUT2D eigenvalue weighted by Gasteiger charge is 2.40. The van der Waals surface area contributed by atoms with Gasteiger partial charge in [-0.15, -0.1) is 0 Å². The molecular formula is C16H18FNO2. The molecule has 3 nitrogen and oxygen atoms in total. The molecule has 106 valence electrons. The van der Waals surface area contributed by atoms with Crippen LogP contribution in [0.3, 0.4) is 0 Å². The summed E-state index contributed by atoms with van der Waals surface area (Å²) in [5.41, 5.74) is 0.886. The number of carbonyl (C=O) groups is 1. The molecule has 1 aliphatic carbocycles. The first-order valence-electron chi connectivity index (χ1n) is 6.78. The van der Waals surface area contributed by atoms with Gasteiger partial charge in [-0.2, -0.15) is 0 Å². The molecule has 20 heavy (non-hydrogen) atoms. The fraction of sp³-hybridized carbons (Fsp3) is 0.438. The van der Waals surface area contributed by atoms with Crippen LogP contribution in [0.2, 0.25) is 0 Å². The third kappa shape index (κ3) is 3.37. The topological polar surface area (TPSA) is 49.3 Å². The van der Waals surface area contributed by atoms with Crippen LogP contribution < -0.4 is 5.32 Å². The normalized spacial score (nSPS) is 15.2. The first-order valence-corrected chi connectivity index (χ1v) is 6.78. The van der Waals surface area contributed by atoms with Gasteiger partial charge in [0.2, 0.25) is 0 Å². The second-order valence-electron chi connectivity index (χ2n) is 5.19. The zero-order chi connectivity index (χ0) is 14.6. The summed E-state index contributed by atoms with van der Waals surface area (Å²) in [6, 6.07) is 3.90. The number of hydrogen-bond acceptors (Lipinski definition) is 2. The van der Waals surface area contributed by atoms with Crippen LogP contribution >= 0.6 is 0 Å². The van der Waals surface area contributed by atoms with Crippen LogP contribution in [0.25, 0.3) is 0 Å². The summed E-state index contributed by atoms with van der Waals surface area (Å²) in [5, 5.41) is 11.6. The molecule has 0 bridgehead atoms. The lowest BCUT2D eigenvalue weighted by Crippen LogP contribution is -2.30. The molecular weight excluding hydrogens is 257 g/mol. The molecule has 1 fully saturated rings. The Bertz CT molecular complexity index is 568. The van der Waals surface area contributed by atoms with Crippen LogP contribution in [-0.2, 0) is 0 Å². The minimum Gasteiger partial charge on any atom is -0.384 e. The van der Waals surface area contributed by atoms with E-state index in [1.54, 1.807) is 0 Å². The number of aliphatic hydroxyl groups is 1. The van der Waals surface area contributed by atoms with E-state index in [0.29, 0.717) is 12.1 Å². The number of nitrogens with one attached hydrogen (secondary N) is 1. The summed E-state index contributed by atoms with van der Waals surface area (Å²) in [5.74, 6) is 4.36. The van der Waals surface area contributed by atoms with E-state index < -0.39 is 5.82 Å². The second-order valence-corrected chi connectivity index (χ2v) is 5.19. The molecule has 1 amide bonds. The molecule has 0 unspecified atom stereocenters. The highest BCUT2D eigenvalue weighted by Crippen LogP contribution is 2.47. The van der Waals surface area contributed by atoms with E-state index in [0.717, 1.165) is 19.3 Å². The minimum atomic E-state index is -0.471. The van der Waals surface area contributed by atoms with E-state index in [-0.39, 0.29) is 23.5 Å². The van der Waals surface area contributed by atoms with Crippen LogP contribution in [-0.4, -0.2) is 24.2 Å². The Morgan fingerprint density at radius 3 is 2.85 bits per heavy atom. The third-order valence-electron chi connectivity index (χ3n) is 3.86. The summed E-state index contributed by atoms with van der Waals surface area (Å²) in [7, 11) is 0. The first kappa shape index (κ1) is 14.5. The summed E-state index contributed by atoms with van der Waals surface area (Å²) in [6.07, 6.45) is 3.29. The summed E-state index contributed by atoms with van der Waals surface area (Å²) < 4.78 is 13.3. The number of halogens is 1. The van der Waals surface area contributed by atoms with Gasteiger partial charge in [-0.3, -0.25) is 4.79 Å². The van der Waals surface area contributed by atoms with Crippen LogP contribution in [0, 0.1) is 23.1 Å². The molecule has 0 heterocycles. The lowest BCUT2D eigenvalue weighted by molar-refractivity contribution is 0.0943. The number of hydrogen-bond donors (Lipinski definition) is 2. The molecule has 1 aromatic rings. The van der Waals surface area contributed by atoms with Crippen LogP contribution in [0.4, 0.5) is 4.39 Å². The highest BCUT2D eigenvalue weighted by molar-refractivity contribution is 5.96. The van der Waals surface area contributed by atoms with Gasteiger partial charge in [0.15, 0.2) is 0 Å². The van der Waals surface area contributed by atoms with E-state index in [1.165, 1.54) is 18.2 Å². The fourth-order valence-electron chi connectivity index (χ4n) is 2.14. The van der Waals surface area contributed by atoms with E-state index in [1.807, 2.05) is 0 Å². The molecule has 2 rings (SSSR count).